The summed E-state index contributed by atoms with van der Waals surface area (Å²) in [4.78, 5) is 34.6. The molecule has 10 atom stereocenters. The number of carbonyl (C=O) groups excluding carboxylic acids is 2. The van der Waals surface area contributed by atoms with Crippen LogP contribution in [-0.2, 0) is 19.1 Å². The van der Waals surface area contributed by atoms with Crippen molar-refractivity contribution in [2.75, 3.05) is 7.11 Å². The van der Waals surface area contributed by atoms with Crippen molar-refractivity contribution in [3.8, 4) is 0 Å². The number of aliphatic carboxylic acids is 1. The molecule has 6 unspecified atom stereocenters. The van der Waals surface area contributed by atoms with Crippen molar-refractivity contribution in [1.29, 1.82) is 0 Å². The van der Waals surface area contributed by atoms with Gasteiger partial charge < -0.3 is 20.3 Å². The van der Waals surface area contributed by atoms with E-state index < -0.39 is 5.97 Å². The Morgan fingerprint density at radius 1 is 1.03 bits per heavy atom. The maximum atomic E-state index is 12.2. The zero-order valence-electron chi connectivity index (χ0n) is 21.7. The Morgan fingerprint density at radius 3 is 2.44 bits per heavy atom. The highest BCUT2D eigenvalue weighted by molar-refractivity contribution is 5.80. The lowest BCUT2D eigenvalue weighted by Crippen LogP contribution is -2.58. The summed E-state index contributed by atoms with van der Waals surface area (Å²) < 4.78 is 4.85. The van der Waals surface area contributed by atoms with Crippen LogP contribution in [0.25, 0.3) is 0 Å². The van der Waals surface area contributed by atoms with E-state index in [0.29, 0.717) is 47.8 Å². The van der Waals surface area contributed by atoms with Gasteiger partial charge in [-0.3, -0.25) is 14.4 Å². The fourth-order valence-corrected chi connectivity index (χ4v) is 8.96. The van der Waals surface area contributed by atoms with E-state index in [4.69, 9.17) is 9.84 Å². The fraction of sp³-hybridized carbons (Fsp3) is 0.897. The lowest BCUT2D eigenvalue weighted by atomic mass is 9.46. The van der Waals surface area contributed by atoms with Crippen LogP contribution in [0.15, 0.2) is 0 Å². The molecule has 7 heteroatoms. The number of carbonyl (C=O) groups is 3. The average molecular weight is 508 g/mol. The van der Waals surface area contributed by atoms with Crippen LogP contribution >= 0.6 is 0 Å². The molecule has 1 amide bonds. The fourth-order valence-electron chi connectivity index (χ4n) is 8.96. The highest BCUT2D eigenvalue weighted by Crippen LogP contribution is 2.64. The monoisotopic (exact) mass is 507 g/mol. The maximum Gasteiger partial charge on any atom is 0.305 e. The van der Waals surface area contributed by atoms with Gasteiger partial charge in [-0.05, 0) is 105 Å². The predicted molar refractivity (Wildman–Crippen MR) is 138 cm³/mol. The normalized spacial score (nSPS) is 40.0. The summed E-state index contributed by atoms with van der Waals surface area (Å²) in [6.45, 7) is 4.73. The first-order valence-electron chi connectivity index (χ1n) is 13.9. The van der Waals surface area contributed by atoms with Crippen molar-refractivity contribution in [3.05, 3.63) is 0 Å². The third-order valence-corrected chi connectivity index (χ3v) is 10.7. The van der Waals surface area contributed by atoms with E-state index >= 15 is 0 Å². The molecule has 0 radical (unpaired) electrons. The molecule has 0 bridgehead atoms. The number of hydrogen-bond donors (Lipinski definition) is 3. The van der Waals surface area contributed by atoms with Crippen molar-refractivity contribution in [2.45, 2.75) is 110 Å². The number of aliphatic hydroxyl groups is 1. The average Bonchev–Trinajstić information content (AvgIpc) is 3.26. The number of amides is 1. The molecule has 4 fully saturated rings. The van der Waals surface area contributed by atoms with Crippen molar-refractivity contribution in [1.82, 2.24) is 5.32 Å². The Morgan fingerprint density at radius 2 is 1.75 bits per heavy atom. The van der Waals surface area contributed by atoms with Crippen LogP contribution in [0.2, 0.25) is 0 Å². The Labute approximate surface area is 217 Å². The zero-order chi connectivity index (χ0) is 25.3. The standard InChI is InChI=1S/C28H45NO6.CH4/c1-16(4-11-26(34)35-3)19-5-6-21-20(19)7-8-22-27(21)23(30)15-17-14-18(12-13-28(17,22)2)29-24(31)9-10-25(32)33;/h16-23,27,30H,4-15H2,1-3H3,(H,29,31)(H,32,33);1H4/t16-,17?,18-,19?,20?,21-,22+,23?,27?,28?;/m1./s1. The predicted octanol–water partition coefficient (Wildman–Crippen LogP) is 4.80. The van der Waals surface area contributed by atoms with Crippen LogP contribution < -0.4 is 5.32 Å². The Kier molecular flexibility index (Phi) is 9.51. The number of nitrogens with one attached hydrogen (secondary N) is 1. The molecule has 0 heterocycles. The van der Waals surface area contributed by atoms with E-state index in [0.717, 1.165) is 32.1 Å². The molecule has 4 saturated carbocycles. The number of methoxy groups -OCH3 is 1. The topological polar surface area (TPSA) is 113 Å². The molecule has 0 aromatic rings. The molecule has 36 heavy (non-hydrogen) atoms. The van der Waals surface area contributed by atoms with E-state index in [1.807, 2.05) is 0 Å². The van der Waals surface area contributed by atoms with E-state index in [-0.39, 0.29) is 49.7 Å². The summed E-state index contributed by atoms with van der Waals surface area (Å²) in [5.41, 5.74) is 0.200. The van der Waals surface area contributed by atoms with Crippen molar-refractivity contribution >= 4 is 17.8 Å². The molecule has 206 valence electrons. The van der Waals surface area contributed by atoms with Crippen LogP contribution in [0.1, 0.15) is 98.3 Å². The minimum Gasteiger partial charge on any atom is -0.481 e. The molecule has 0 saturated heterocycles. The quantitative estimate of drug-likeness (QED) is 0.407. The summed E-state index contributed by atoms with van der Waals surface area (Å²) in [5, 5.41) is 23.4. The van der Waals surface area contributed by atoms with Crippen molar-refractivity contribution in [3.63, 3.8) is 0 Å². The lowest BCUT2D eigenvalue weighted by molar-refractivity contribution is -0.151. The minimum atomic E-state index is -0.944. The van der Waals surface area contributed by atoms with Gasteiger partial charge in [0.1, 0.15) is 0 Å². The second-order valence-corrected chi connectivity index (χ2v) is 12.4. The van der Waals surface area contributed by atoms with Gasteiger partial charge >= 0.3 is 11.9 Å². The lowest BCUT2D eigenvalue weighted by Gasteiger charge is -2.60. The van der Waals surface area contributed by atoms with E-state index in [1.165, 1.54) is 32.8 Å². The van der Waals surface area contributed by atoms with Gasteiger partial charge in [0.25, 0.3) is 0 Å². The Hall–Kier alpha value is -1.63. The van der Waals surface area contributed by atoms with Crippen LogP contribution in [0.3, 0.4) is 0 Å². The molecule has 0 aromatic heterocycles. The third kappa shape index (κ3) is 5.76. The van der Waals surface area contributed by atoms with Crippen molar-refractivity contribution in [2.24, 2.45) is 46.8 Å². The molecule has 0 aliphatic heterocycles. The summed E-state index contributed by atoms with van der Waals surface area (Å²) >= 11 is 0. The first kappa shape index (κ1) is 28.9. The summed E-state index contributed by atoms with van der Waals surface area (Å²) in [5.74, 6) is 2.44. The van der Waals surface area contributed by atoms with Gasteiger partial charge in [0.15, 0.2) is 0 Å². The summed E-state index contributed by atoms with van der Waals surface area (Å²) in [6.07, 6.45) is 9.49. The molecule has 4 aliphatic carbocycles. The second-order valence-electron chi connectivity index (χ2n) is 12.4. The first-order valence-corrected chi connectivity index (χ1v) is 13.9. The highest BCUT2D eigenvalue weighted by atomic mass is 16.5. The zero-order valence-corrected chi connectivity index (χ0v) is 21.7. The summed E-state index contributed by atoms with van der Waals surface area (Å²) in [6, 6.07) is 0.0842. The van der Waals surface area contributed by atoms with Crippen LogP contribution in [-0.4, -0.2) is 47.3 Å². The van der Waals surface area contributed by atoms with Gasteiger partial charge in [-0.25, -0.2) is 0 Å². The largest absolute Gasteiger partial charge is 0.481 e. The van der Waals surface area contributed by atoms with Gasteiger partial charge in [-0.1, -0.05) is 21.3 Å². The first-order chi connectivity index (χ1) is 16.6. The molecular weight excluding hydrogens is 458 g/mol. The second kappa shape index (κ2) is 11.8. The van der Waals surface area contributed by atoms with Crippen LogP contribution in [0.4, 0.5) is 0 Å². The maximum absolute atomic E-state index is 12.2. The number of carboxylic acid groups (broad SMARTS) is 1. The molecule has 0 aromatic carbocycles. The van der Waals surface area contributed by atoms with E-state index in [1.54, 1.807) is 0 Å². The van der Waals surface area contributed by atoms with Gasteiger partial charge in [0.05, 0.1) is 19.6 Å². The highest BCUT2D eigenvalue weighted by Gasteiger charge is 2.59. The Bertz CT molecular complexity index is 801. The molecular formula is C29H49NO6. The number of fused-ring (bicyclic) bond motifs is 5. The van der Waals surface area contributed by atoms with Crippen molar-refractivity contribution < 1.29 is 29.3 Å². The minimum absolute atomic E-state index is 0. The number of esters is 1. The Balaban J connectivity index is 0.00000361. The number of aliphatic hydroxyl groups excluding tert-OH is 1. The number of ether oxygens (including phenoxy) is 1. The third-order valence-electron chi connectivity index (χ3n) is 10.7. The van der Waals surface area contributed by atoms with Gasteiger partial charge in [-0.2, -0.15) is 0 Å². The molecule has 4 rings (SSSR count). The number of hydrogen-bond acceptors (Lipinski definition) is 5. The molecule has 4 aliphatic rings. The SMILES string of the molecule is C.COC(=O)CC[C@@H](C)C1CC[C@@H]2C1CC[C@H]1C2C(O)CC2C[C@H](NC(=O)CCC(=O)O)CCC21C. The summed E-state index contributed by atoms with van der Waals surface area (Å²) in [7, 11) is 1.46. The van der Waals surface area contributed by atoms with Crippen LogP contribution in [0, 0.1) is 46.8 Å². The number of rotatable bonds is 8. The van der Waals surface area contributed by atoms with E-state index in [9.17, 15) is 19.5 Å². The molecule has 7 nitrogen and oxygen atoms in total. The van der Waals surface area contributed by atoms with Crippen LogP contribution in [0.5, 0.6) is 0 Å². The number of carboxylic acids is 1. The smallest absolute Gasteiger partial charge is 0.305 e. The van der Waals surface area contributed by atoms with Gasteiger partial charge in [0, 0.05) is 18.9 Å². The van der Waals surface area contributed by atoms with Gasteiger partial charge in [0.2, 0.25) is 5.91 Å². The van der Waals surface area contributed by atoms with Gasteiger partial charge in [-0.15, -0.1) is 0 Å². The van der Waals surface area contributed by atoms with E-state index in [2.05, 4.69) is 19.2 Å². The molecule has 0 spiro atoms. The molecule has 3 N–H and O–H groups in total.